The Labute approximate surface area is 138 Å². The maximum atomic E-state index is 12.3. The van der Waals surface area contributed by atoms with E-state index in [9.17, 15) is 4.79 Å². The summed E-state index contributed by atoms with van der Waals surface area (Å²) in [4.78, 5) is 12.3. The van der Waals surface area contributed by atoms with Gasteiger partial charge in [0.15, 0.2) is 23.0 Å². The second-order valence-corrected chi connectivity index (χ2v) is 5.47. The molecule has 2 aliphatic rings. The summed E-state index contributed by atoms with van der Waals surface area (Å²) in [6, 6.07) is 11.0. The van der Waals surface area contributed by atoms with Crippen LogP contribution in [0, 0.1) is 0 Å². The molecular formula is C19H14O5. The van der Waals surface area contributed by atoms with Gasteiger partial charge in [0.25, 0.3) is 0 Å². The molecule has 5 heteroatoms. The lowest BCUT2D eigenvalue weighted by Gasteiger charge is -2.14. The van der Waals surface area contributed by atoms with Crippen LogP contribution in [0.3, 0.4) is 0 Å². The quantitative estimate of drug-likeness (QED) is 0.862. The number of ether oxygens (including phenoxy) is 4. The minimum atomic E-state index is 0.106. The van der Waals surface area contributed by atoms with Gasteiger partial charge >= 0.3 is 0 Å². The molecule has 0 bridgehead atoms. The fraction of sp³-hybridized carbons (Fsp3) is 0.105. The van der Waals surface area contributed by atoms with E-state index in [1.54, 1.807) is 12.1 Å². The van der Waals surface area contributed by atoms with E-state index >= 15 is 0 Å². The van der Waals surface area contributed by atoms with E-state index in [0.717, 1.165) is 11.1 Å². The standard InChI is InChI=1S/C19H14O5/c20-15(9-13-1-3-16-18(11-13)23-7-5-21-16)10-14-2-4-17-19(12-14)24-8-6-22-17/h1-8,11-12H,9-10H2. The summed E-state index contributed by atoms with van der Waals surface area (Å²) in [5.74, 6) is 2.64. The van der Waals surface area contributed by atoms with Crippen molar-refractivity contribution in [3.8, 4) is 23.0 Å². The average molecular weight is 322 g/mol. The molecule has 0 saturated heterocycles. The molecule has 2 aromatic carbocycles. The molecule has 2 aliphatic heterocycles. The average Bonchev–Trinajstić information content (AvgIpc) is 2.61. The summed E-state index contributed by atoms with van der Waals surface area (Å²) in [6.45, 7) is 0. The summed E-state index contributed by atoms with van der Waals surface area (Å²) >= 11 is 0. The normalized spacial score (nSPS) is 13.7. The Balaban J connectivity index is 1.44. The van der Waals surface area contributed by atoms with Crippen molar-refractivity contribution in [3.63, 3.8) is 0 Å². The van der Waals surface area contributed by atoms with Gasteiger partial charge in [-0.2, -0.15) is 0 Å². The third-order valence-corrected chi connectivity index (χ3v) is 3.71. The van der Waals surface area contributed by atoms with Crippen molar-refractivity contribution in [1.82, 2.24) is 0 Å². The first-order chi connectivity index (χ1) is 11.8. The van der Waals surface area contributed by atoms with Gasteiger partial charge in [0.1, 0.15) is 30.8 Å². The third kappa shape index (κ3) is 2.96. The summed E-state index contributed by atoms with van der Waals surface area (Å²) in [6.07, 6.45) is 6.55. The van der Waals surface area contributed by atoms with Crippen molar-refractivity contribution >= 4 is 5.78 Å². The molecule has 0 aliphatic carbocycles. The molecule has 0 spiro atoms. The van der Waals surface area contributed by atoms with Crippen molar-refractivity contribution in [2.45, 2.75) is 12.8 Å². The summed E-state index contributed by atoms with van der Waals surface area (Å²) in [5, 5.41) is 0. The van der Waals surface area contributed by atoms with E-state index in [2.05, 4.69) is 0 Å². The molecule has 4 rings (SSSR count). The molecule has 5 nitrogen and oxygen atoms in total. The Hall–Kier alpha value is -3.21. The van der Waals surface area contributed by atoms with Crippen LogP contribution in [-0.4, -0.2) is 5.78 Å². The van der Waals surface area contributed by atoms with Gasteiger partial charge in [0, 0.05) is 12.8 Å². The summed E-state index contributed by atoms with van der Waals surface area (Å²) < 4.78 is 21.4. The van der Waals surface area contributed by atoms with Gasteiger partial charge in [-0.3, -0.25) is 4.79 Å². The predicted molar refractivity (Wildman–Crippen MR) is 86.1 cm³/mol. The first-order valence-corrected chi connectivity index (χ1v) is 7.52. The topological polar surface area (TPSA) is 54.0 Å². The van der Waals surface area contributed by atoms with E-state index < -0.39 is 0 Å². The molecule has 0 saturated carbocycles. The van der Waals surface area contributed by atoms with Gasteiger partial charge < -0.3 is 18.9 Å². The highest BCUT2D eigenvalue weighted by Crippen LogP contribution is 2.32. The minimum absolute atomic E-state index is 0.106. The van der Waals surface area contributed by atoms with Crippen LogP contribution in [0.25, 0.3) is 0 Å². The molecule has 0 N–H and O–H groups in total. The lowest BCUT2D eigenvalue weighted by molar-refractivity contribution is -0.117. The van der Waals surface area contributed by atoms with Gasteiger partial charge in [0.2, 0.25) is 0 Å². The van der Waals surface area contributed by atoms with Crippen molar-refractivity contribution in [2.24, 2.45) is 0 Å². The zero-order valence-electron chi connectivity index (χ0n) is 12.7. The molecule has 120 valence electrons. The van der Waals surface area contributed by atoms with Crippen LogP contribution in [0.1, 0.15) is 11.1 Å². The first-order valence-electron chi connectivity index (χ1n) is 7.52. The Bertz CT molecular complexity index is 781. The number of ketones is 1. The highest BCUT2D eigenvalue weighted by atomic mass is 16.5. The van der Waals surface area contributed by atoms with Crippen molar-refractivity contribution in [3.05, 3.63) is 72.6 Å². The monoisotopic (exact) mass is 322 g/mol. The predicted octanol–water partition coefficient (Wildman–Crippen LogP) is 3.53. The SMILES string of the molecule is O=C(Cc1ccc2c(c1)OC=CO2)Cc1ccc2c(c1)OC=CO2. The van der Waals surface area contributed by atoms with Crippen LogP contribution in [0.5, 0.6) is 23.0 Å². The molecule has 0 unspecified atom stereocenters. The molecule has 0 aromatic heterocycles. The molecular weight excluding hydrogens is 308 g/mol. The molecule has 0 atom stereocenters. The smallest absolute Gasteiger partial charge is 0.169 e. The Morgan fingerprint density at radius 1 is 0.625 bits per heavy atom. The highest BCUT2D eigenvalue weighted by Gasteiger charge is 2.14. The summed E-state index contributed by atoms with van der Waals surface area (Å²) in [7, 11) is 0. The zero-order valence-corrected chi connectivity index (χ0v) is 12.7. The van der Waals surface area contributed by atoms with E-state index in [1.807, 2.05) is 24.3 Å². The van der Waals surface area contributed by atoms with Crippen LogP contribution >= 0.6 is 0 Å². The zero-order chi connectivity index (χ0) is 16.4. The van der Waals surface area contributed by atoms with Crippen molar-refractivity contribution in [1.29, 1.82) is 0 Å². The summed E-state index contributed by atoms with van der Waals surface area (Å²) in [5.41, 5.74) is 1.77. The fourth-order valence-corrected chi connectivity index (χ4v) is 2.63. The Morgan fingerprint density at radius 2 is 1.04 bits per heavy atom. The number of Topliss-reactive ketones (excluding diaryl/α,β-unsaturated/α-hetero) is 1. The number of fused-ring (bicyclic) bond motifs is 2. The number of hydrogen-bond acceptors (Lipinski definition) is 5. The second-order valence-electron chi connectivity index (χ2n) is 5.47. The fourth-order valence-electron chi connectivity index (χ4n) is 2.63. The largest absolute Gasteiger partial charge is 0.458 e. The van der Waals surface area contributed by atoms with Crippen LogP contribution in [0.4, 0.5) is 0 Å². The van der Waals surface area contributed by atoms with Gasteiger partial charge in [-0.1, -0.05) is 12.1 Å². The maximum Gasteiger partial charge on any atom is 0.169 e. The lowest BCUT2D eigenvalue weighted by Crippen LogP contribution is -2.08. The third-order valence-electron chi connectivity index (χ3n) is 3.71. The number of carbonyl (C=O) groups excluding carboxylic acids is 1. The maximum absolute atomic E-state index is 12.3. The molecule has 0 fully saturated rings. The molecule has 2 aromatic rings. The Morgan fingerprint density at radius 3 is 1.50 bits per heavy atom. The van der Waals surface area contributed by atoms with Gasteiger partial charge in [-0.25, -0.2) is 0 Å². The number of benzene rings is 2. The van der Waals surface area contributed by atoms with E-state index in [0.29, 0.717) is 35.8 Å². The highest BCUT2D eigenvalue weighted by molar-refractivity contribution is 5.83. The van der Waals surface area contributed by atoms with Crippen LogP contribution < -0.4 is 18.9 Å². The first kappa shape index (κ1) is 14.4. The van der Waals surface area contributed by atoms with E-state index in [-0.39, 0.29) is 5.78 Å². The number of carbonyl (C=O) groups is 1. The van der Waals surface area contributed by atoms with Crippen molar-refractivity contribution in [2.75, 3.05) is 0 Å². The number of rotatable bonds is 4. The van der Waals surface area contributed by atoms with Crippen LogP contribution in [0.2, 0.25) is 0 Å². The molecule has 24 heavy (non-hydrogen) atoms. The van der Waals surface area contributed by atoms with Gasteiger partial charge in [-0.05, 0) is 35.4 Å². The van der Waals surface area contributed by atoms with Crippen molar-refractivity contribution < 1.29 is 23.7 Å². The van der Waals surface area contributed by atoms with E-state index in [1.165, 1.54) is 25.0 Å². The van der Waals surface area contributed by atoms with Gasteiger partial charge in [-0.15, -0.1) is 0 Å². The minimum Gasteiger partial charge on any atom is -0.458 e. The molecule has 0 radical (unpaired) electrons. The van der Waals surface area contributed by atoms with Crippen LogP contribution in [0.15, 0.2) is 61.4 Å². The second kappa shape index (κ2) is 6.12. The lowest BCUT2D eigenvalue weighted by atomic mass is 10.0. The molecule has 0 amide bonds. The van der Waals surface area contributed by atoms with Crippen LogP contribution in [-0.2, 0) is 17.6 Å². The molecule has 2 heterocycles. The van der Waals surface area contributed by atoms with Gasteiger partial charge in [0.05, 0.1) is 0 Å². The number of hydrogen-bond donors (Lipinski definition) is 0. The Kier molecular flexibility index (Phi) is 3.67. The van der Waals surface area contributed by atoms with E-state index in [4.69, 9.17) is 18.9 Å².